The van der Waals surface area contributed by atoms with Crippen LogP contribution in [0.15, 0.2) is 48.5 Å². The molecule has 3 unspecified atom stereocenters. The number of hydrogen-bond donors (Lipinski definition) is 1. The van der Waals surface area contributed by atoms with E-state index in [-0.39, 0.29) is 17.7 Å². The molecule has 1 amide bonds. The van der Waals surface area contributed by atoms with Crippen molar-refractivity contribution in [1.82, 2.24) is 4.90 Å². The van der Waals surface area contributed by atoms with Gasteiger partial charge in [-0.3, -0.25) is 9.59 Å². The molecule has 2 aromatic carbocycles. The number of benzene rings is 2. The van der Waals surface area contributed by atoms with E-state index in [1.807, 2.05) is 18.2 Å². The first-order valence-electron chi connectivity index (χ1n) is 9.39. The van der Waals surface area contributed by atoms with Crippen molar-refractivity contribution in [2.75, 3.05) is 13.1 Å². The maximum absolute atomic E-state index is 13.1. The Balaban J connectivity index is 1.35. The van der Waals surface area contributed by atoms with Crippen LogP contribution in [-0.2, 0) is 16.0 Å². The Hall–Kier alpha value is -2.33. The molecule has 5 atom stereocenters. The maximum Gasteiger partial charge on any atom is 0.308 e. The maximum atomic E-state index is 13.1. The van der Waals surface area contributed by atoms with Crippen molar-refractivity contribution in [2.45, 2.75) is 18.3 Å². The molecule has 3 aliphatic rings. The van der Waals surface area contributed by atoms with Crippen molar-refractivity contribution < 1.29 is 14.7 Å². The predicted octanol–water partition coefficient (Wildman–Crippen LogP) is 3.55. The highest BCUT2D eigenvalue weighted by atomic mass is 35.5. The van der Waals surface area contributed by atoms with E-state index in [1.54, 1.807) is 17.0 Å². The Morgan fingerprint density at radius 2 is 1.78 bits per heavy atom. The summed E-state index contributed by atoms with van der Waals surface area (Å²) in [5, 5.41) is 10.3. The standard InChI is InChI=1S/C22H20ClNO3/c23-14-7-5-12(6-8-14)17-10-24(11-18(17)22(26)27)21(25)20-16-9-13-3-1-2-4-15(13)19(16)20/h1-8,16-20H,9-11H2,(H,26,27)/t16?,17-,18+,19?,20?/m0/s1. The lowest BCUT2D eigenvalue weighted by Gasteiger charge is -2.18. The third kappa shape index (κ3) is 2.66. The Labute approximate surface area is 162 Å². The van der Waals surface area contributed by atoms with E-state index in [2.05, 4.69) is 18.2 Å². The summed E-state index contributed by atoms with van der Waals surface area (Å²) < 4.78 is 0. The van der Waals surface area contributed by atoms with Gasteiger partial charge in [-0.1, -0.05) is 48.0 Å². The minimum absolute atomic E-state index is 0.0262. The van der Waals surface area contributed by atoms with E-state index in [0.29, 0.717) is 29.9 Å². The van der Waals surface area contributed by atoms with Crippen molar-refractivity contribution >= 4 is 23.5 Å². The van der Waals surface area contributed by atoms with Crippen LogP contribution >= 0.6 is 11.6 Å². The number of amides is 1. The zero-order valence-electron chi connectivity index (χ0n) is 14.7. The van der Waals surface area contributed by atoms with Gasteiger partial charge in [0, 0.05) is 29.9 Å². The largest absolute Gasteiger partial charge is 0.481 e. The lowest BCUT2D eigenvalue weighted by molar-refractivity contribution is -0.142. The van der Waals surface area contributed by atoms with Gasteiger partial charge < -0.3 is 10.0 Å². The minimum atomic E-state index is -0.841. The Morgan fingerprint density at radius 3 is 2.52 bits per heavy atom. The van der Waals surface area contributed by atoms with Crippen molar-refractivity contribution in [2.24, 2.45) is 17.8 Å². The molecule has 1 saturated carbocycles. The van der Waals surface area contributed by atoms with Gasteiger partial charge in [-0.25, -0.2) is 0 Å². The van der Waals surface area contributed by atoms with E-state index < -0.39 is 11.9 Å². The number of aliphatic carboxylic acids is 1. The van der Waals surface area contributed by atoms with Crippen LogP contribution < -0.4 is 0 Å². The molecule has 1 N–H and O–H groups in total. The molecule has 4 nitrogen and oxygen atoms in total. The monoisotopic (exact) mass is 381 g/mol. The summed E-state index contributed by atoms with van der Waals surface area (Å²) >= 11 is 5.96. The van der Waals surface area contributed by atoms with Crippen LogP contribution in [0.25, 0.3) is 0 Å². The molecule has 1 heterocycles. The zero-order valence-corrected chi connectivity index (χ0v) is 15.5. The van der Waals surface area contributed by atoms with Gasteiger partial charge in [0.05, 0.1) is 5.92 Å². The van der Waals surface area contributed by atoms with E-state index in [4.69, 9.17) is 11.6 Å². The average molecular weight is 382 g/mol. The molecule has 1 saturated heterocycles. The third-order valence-electron chi connectivity index (χ3n) is 6.57. The van der Waals surface area contributed by atoms with Crippen LogP contribution in [0.4, 0.5) is 0 Å². The summed E-state index contributed by atoms with van der Waals surface area (Å²) in [7, 11) is 0. The van der Waals surface area contributed by atoms with E-state index in [9.17, 15) is 14.7 Å². The van der Waals surface area contributed by atoms with Gasteiger partial charge in [-0.2, -0.15) is 0 Å². The van der Waals surface area contributed by atoms with Gasteiger partial charge in [0.2, 0.25) is 5.91 Å². The fraction of sp³-hybridized carbons (Fsp3) is 0.364. The number of nitrogens with zero attached hydrogens (tertiary/aromatic N) is 1. The number of carboxylic acid groups (broad SMARTS) is 1. The highest BCUT2D eigenvalue weighted by molar-refractivity contribution is 6.30. The molecule has 2 aromatic rings. The quantitative estimate of drug-likeness (QED) is 0.884. The van der Waals surface area contributed by atoms with Crippen LogP contribution in [-0.4, -0.2) is 35.0 Å². The summed E-state index contributed by atoms with van der Waals surface area (Å²) in [5.74, 6) is -0.720. The topological polar surface area (TPSA) is 57.6 Å². The molecule has 27 heavy (non-hydrogen) atoms. The second-order valence-electron chi connectivity index (χ2n) is 7.96. The number of likely N-dealkylation sites (tertiary alicyclic amines) is 1. The van der Waals surface area contributed by atoms with Crippen LogP contribution in [0.2, 0.25) is 5.02 Å². The Bertz CT molecular complexity index is 925. The van der Waals surface area contributed by atoms with Gasteiger partial charge >= 0.3 is 5.97 Å². The lowest BCUT2D eigenvalue weighted by Crippen LogP contribution is -2.32. The number of fused-ring (bicyclic) bond motifs is 3. The summed E-state index contributed by atoms with van der Waals surface area (Å²) in [6.45, 7) is 0.758. The zero-order chi connectivity index (χ0) is 18.7. The van der Waals surface area contributed by atoms with Gasteiger partial charge in [-0.05, 0) is 47.1 Å². The number of hydrogen-bond acceptors (Lipinski definition) is 2. The second-order valence-corrected chi connectivity index (χ2v) is 8.40. The molecule has 138 valence electrons. The van der Waals surface area contributed by atoms with Crippen molar-refractivity contribution in [1.29, 1.82) is 0 Å². The lowest BCUT2D eigenvalue weighted by atomic mass is 9.89. The normalized spacial score (nSPS) is 30.7. The Morgan fingerprint density at radius 1 is 1.04 bits per heavy atom. The van der Waals surface area contributed by atoms with Crippen LogP contribution in [0.3, 0.4) is 0 Å². The first-order chi connectivity index (χ1) is 13.0. The summed E-state index contributed by atoms with van der Waals surface area (Å²) in [4.78, 5) is 26.7. The molecule has 2 fully saturated rings. The second kappa shape index (κ2) is 6.10. The number of carbonyl (C=O) groups is 2. The molecule has 5 heteroatoms. The van der Waals surface area contributed by atoms with Gasteiger partial charge in [-0.15, -0.1) is 0 Å². The minimum Gasteiger partial charge on any atom is -0.481 e. The fourth-order valence-corrected chi connectivity index (χ4v) is 5.31. The fourth-order valence-electron chi connectivity index (χ4n) is 5.18. The highest BCUT2D eigenvalue weighted by Gasteiger charge is 2.60. The molecule has 5 rings (SSSR count). The molecular formula is C22H20ClNO3. The third-order valence-corrected chi connectivity index (χ3v) is 6.82. The molecule has 1 aliphatic heterocycles. The molecule has 0 radical (unpaired) electrons. The highest BCUT2D eigenvalue weighted by Crippen LogP contribution is 2.62. The van der Waals surface area contributed by atoms with Crippen molar-refractivity contribution in [3.05, 3.63) is 70.2 Å². The van der Waals surface area contributed by atoms with Gasteiger partial charge in [0.1, 0.15) is 0 Å². The number of carbonyl (C=O) groups excluding carboxylic acids is 1. The first kappa shape index (κ1) is 16.8. The summed E-state index contributed by atoms with van der Waals surface area (Å²) in [6, 6.07) is 15.7. The molecule has 2 aliphatic carbocycles. The summed E-state index contributed by atoms with van der Waals surface area (Å²) in [5.41, 5.74) is 3.60. The van der Waals surface area contributed by atoms with Gasteiger partial charge in [0.15, 0.2) is 0 Å². The molecular weight excluding hydrogens is 362 g/mol. The number of halogens is 1. The summed E-state index contributed by atoms with van der Waals surface area (Å²) in [6.07, 6.45) is 0.966. The van der Waals surface area contributed by atoms with E-state index in [1.165, 1.54) is 11.1 Å². The molecule has 0 spiro atoms. The molecule has 0 aromatic heterocycles. The van der Waals surface area contributed by atoms with Crippen LogP contribution in [0.1, 0.15) is 28.5 Å². The SMILES string of the molecule is O=C(O)[C@@H]1CN(C(=O)C2C3Cc4ccccc4C32)C[C@H]1c1ccc(Cl)cc1. The number of rotatable bonds is 3. The van der Waals surface area contributed by atoms with Gasteiger partial charge in [0.25, 0.3) is 0 Å². The van der Waals surface area contributed by atoms with Crippen molar-refractivity contribution in [3.63, 3.8) is 0 Å². The number of carboxylic acids is 1. The average Bonchev–Trinajstić information content (AvgIpc) is 3.03. The Kier molecular flexibility index (Phi) is 3.80. The van der Waals surface area contributed by atoms with Crippen molar-refractivity contribution in [3.8, 4) is 0 Å². The van der Waals surface area contributed by atoms with E-state index >= 15 is 0 Å². The predicted molar refractivity (Wildman–Crippen MR) is 102 cm³/mol. The smallest absolute Gasteiger partial charge is 0.308 e. The van der Waals surface area contributed by atoms with Crippen LogP contribution in [0, 0.1) is 17.8 Å². The van der Waals surface area contributed by atoms with E-state index in [0.717, 1.165) is 12.0 Å². The molecule has 0 bridgehead atoms. The first-order valence-corrected chi connectivity index (χ1v) is 9.77. The van der Waals surface area contributed by atoms with Crippen LogP contribution in [0.5, 0.6) is 0 Å².